The van der Waals surface area contributed by atoms with E-state index in [4.69, 9.17) is 4.42 Å². The normalized spacial score (nSPS) is 13.8. The topological polar surface area (TPSA) is 68.3 Å². The Balaban J connectivity index is 1.51. The molecule has 1 amide bonds. The molecule has 0 fully saturated rings. The van der Waals surface area contributed by atoms with Crippen LogP contribution in [0.4, 0.5) is 10.1 Å². The zero-order valence-electron chi connectivity index (χ0n) is 14.9. The molecule has 3 heterocycles. The van der Waals surface area contributed by atoms with Gasteiger partial charge in [0.1, 0.15) is 23.5 Å². The second-order valence-corrected chi connectivity index (χ2v) is 6.88. The van der Waals surface area contributed by atoms with E-state index in [2.05, 4.69) is 4.98 Å². The van der Waals surface area contributed by atoms with Gasteiger partial charge in [-0.3, -0.25) is 14.2 Å². The molecule has 0 aliphatic carbocycles. The average Bonchev–Trinajstić information content (AvgIpc) is 3.09. The molecule has 7 heteroatoms. The molecule has 0 saturated carbocycles. The Morgan fingerprint density at radius 1 is 1.21 bits per heavy atom. The number of rotatable bonds is 2. The third-order valence-corrected chi connectivity index (χ3v) is 5.12. The molecule has 0 spiro atoms. The maximum Gasteiger partial charge on any atom is 0.297 e. The van der Waals surface area contributed by atoms with Crippen molar-refractivity contribution in [1.82, 2.24) is 9.55 Å². The molecule has 0 N–H and O–H groups in total. The number of carbonyl (C=O) groups excluding carboxylic acids is 1. The second kappa shape index (κ2) is 6.30. The number of aryl methyl sites for hydroxylation is 1. The average molecular weight is 377 g/mol. The van der Waals surface area contributed by atoms with Gasteiger partial charge in [0.15, 0.2) is 0 Å². The Kier molecular flexibility index (Phi) is 3.75. The predicted octanol–water partition coefficient (Wildman–Crippen LogP) is 3.26. The molecule has 6 nitrogen and oxygen atoms in total. The molecule has 0 atom stereocenters. The number of carbonyl (C=O) groups is 1. The highest BCUT2D eigenvalue weighted by molar-refractivity contribution is 6.02. The van der Waals surface area contributed by atoms with Gasteiger partial charge in [-0.05, 0) is 48.7 Å². The molecule has 1 aliphatic rings. The first-order chi connectivity index (χ1) is 13.6. The fourth-order valence-electron chi connectivity index (χ4n) is 3.78. The highest BCUT2D eigenvalue weighted by Gasteiger charge is 2.24. The van der Waals surface area contributed by atoms with Crippen LogP contribution in [0.3, 0.4) is 0 Å². The molecule has 5 rings (SSSR count). The summed E-state index contributed by atoms with van der Waals surface area (Å²) in [6.45, 7) is 0.377. The van der Waals surface area contributed by atoms with Crippen molar-refractivity contribution >= 4 is 33.7 Å². The minimum absolute atomic E-state index is 0.137. The van der Waals surface area contributed by atoms with Crippen molar-refractivity contribution in [2.24, 2.45) is 0 Å². The number of furan rings is 1. The number of aromatic nitrogens is 2. The molecule has 0 radical (unpaired) electrons. The summed E-state index contributed by atoms with van der Waals surface area (Å²) < 4.78 is 20.4. The lowest BCUT2D eigenvalue weighted by Crippen LogP contribution is -2.39. The molecule has 0 saturated heterocycles. The van der Waals surface area contributed by atoms with Crippen LogP contribution in [-0.2, 0) is 17.8 Å². The molecular weight excluding hydrogens is 361 g/mol. The lowest BCUT2D eigenvalue weighted by atomic mass is 10.0. The minimum Gasteiger partial charge on any atom is -0.448 e. The second-order valence-electron chi connectivity index (χ2n) is 6.88. The van der Waals surface area contributed by atoms with Crippen molar-refractivity contribution < 1.29 is 13.6 Å². The molecule has 140 valence electrons. The largest absolute Gasteiger partial charge is 0.448 e. The van der Waals surface area contributed by atoms with E-state index in [1.165, 1.54) is 23.0 Å². The van der Waals surface area contributed by atoms with Gasteiger partial charge in [0, 0.05) is 17.6 Å². The number of fused-ring (bicyclic) bond motifs is 4. The Hall–Kier alpha value is -3.48. The van der Waals surface area contributed by atoms with E-state index in [1.807, 2.05) is 18.2 Å². The van der Waals surface area contributed by atoms with Gasteiger partial charge in [-0.2, -0.15) is 0 Å². The highest BCUT2D eigenvalue weighted by atomic mass is 19.1. The summed E-state index contributed by atoms with van der Waals surface area (Å²) in [6.07, 6.45) is 2.85. The first-order valence-electron chi connectivity index (χ1n) is 9.07. The van der Waals surface area contributed by atoms with E-state index in [0.717, 1.165) is 23.8 Å². The zero-order valence-corrected chi connectivity index (χ0v) is 14.9. The van der Waals surface area contributed by atoms with Gasteiger partial charge in [0.2, 0.25) is 11.5 Å². The summed E-state index contributed by atoms with van der Waals surface area (Å²) in [4.78, 5) is 31.6. The maximum atomic E-state index is 13.5. The third kappa shape index (κ3) is 2.58. The number of anilines is 1. The summed E-state index contributed by atoms with van der Waals surface area (Å²) >= 11 is 0. The van der Waals surface area contributed by atoms with E-state index in [0.29, 0.717) is 23.3 Å². The van der Waals surface area contributed by atoms with Crippen molar-refractivity contribution in [3.8, 4) is 0 Å². The zero-order chi connectivity index (χ0) is 19.3. The van der Waals surface area contributed by atoms with Crippen LogP contribution in [0.5, 0.6) is 0 Å². The van der Waals surface area contributed by atoms with Gasteiger partial charge in [-0.15, -0.1) is 0 Å². The number of hydrogen-bond donors (Lipinski definition) is 0. The standard InChI is InChI=1S/C21H16FN3O3/c22-14-7-8-16-13(10-14)4-3-9-25(16)18(26)11-24-12-23-19-15-5-1-2-6-17(15)28-20(19)21(24)27/h1-2,5-8,10,12H,3-4,9,11H2. The van der Waals surface area contributed by atoms with Crippen LogP contribution in [0.1, 0.15) is 12.0 Å². The molecule has 2 aromatic carbocycles. The van der Waals surface area contributed by atoms with Crippen LogP contribution in [-0.4, -0.2) is 22.0 Å². The van der Waals surface area contributed by atoms with Gasteiger partial charge in [-0.25, -0.2) is 9.37 Å². The lowest BCUT2D eigenvalue weighted by Gasteiger charge is -2.29. The first-order valence-corrected chi connectivity index (χ1v) is 9.07. The van der Waals surface area contributed by atoms with Crippen LogP contribution in [0.15, 0.2) is 58.0 Å². The Labute approximate surface area is 158 Å². The predicted molar refractivity (Wildman–Crippen MR) is 103 cm³/mol. The van der Waals surface area contributed by atoms with Gasteiger partial charge in [0.25, 0.3) is 5.56 Å². The van der Waals surface area contributed by atoms with Gasteiger partial charge in [0.05, 0.1) is 6.33 Å². The highest BCUT2D eigenvalue weighted by Crippen LogP contribution is 2.28. The van der Waals surface area contributed by atoms with Crippen LogP contribution in [0, 0.1) is 5.82 Å². The summed E-state index contributed by atoms with van der Waals surface area (Å²) in [5, 5.41) is 0.764. The monoisotopic (exact) mass is 377 g/mol. The smallest absolute Gasteiger partial charge is 0.297 e. The Morgan fingerprint density at radius 3 is 2.96 bits per heavy atom. The Bertz CT molecular complexity index is 1290. The number of benzene rings is 2. The Morgan fingerprint density at radius 2 is 2.07 bits per heavy atom. The maximum absolute atomic E-state index is 13.5. The van der Waals surface area contributed by atoms with Crippen LogP contribution in [0.2, 0.25) is 0 Å². The van der Waals surface area contributed by atoms with Crippen LogP contribution in [0.25, 0.3) is 22.1 Å². The van der Waals surface area contributed by atoms with Crippen molar-refractivity contribution in [3.63, 3.8) is 0 Å². The SMILES string of the molecule is O=C(Cn1cnc2c(oc3ccccc32)c1=O)N1CCCc2cc(F)ccc21. The fourth-order valence-corrected chi connectivity index (χ4v) is 3.78. The molecular formula is C21H16FN3O3. The number of hydrogen-bond acceptors (Lipinski definition) is 4. The third-order valence-electron chi connectivity index (χ3n) is 5.12. The van der Waals surface area contributed by atoms with E-state index < -0.39 is 5.56 Å². The number of amides is 1. The van der Waals surface area contributed by atoms with Crippen LogP contribution >= 0.6 is 0 Å². The number of nitrogens with zero attached hydrogens (tertiary/aromatic N) is 3. The summed E-state index contributed by atoms with van der Waals surface area (Å²) in [5.41, 5.74) is 2.31. The van der Waals surface area contributed by atoms with Crippen molar-refractivity contribution in [2.75, 3.05) is 11.4 Å². The summed E-state index contributed by atoms with van der Waals surface area (Å²) in [7, 11) is 0. The molecule has 28 heavy (non-hydrogen) atoms. The molecule has 1 aliphatic heterocycles. The van der Waals surface area contributed by atoms with Crippen molar-refractivity contribution in [1.29, 1.82) is 0 Å². The van der Waals surface area contributed by atoms with Gasteiger partial charge < -0.3 is 9.32 Å². The summed E-state index contributed by atoms with van der Waals surface area (Å²) in [5.74, 6) is -0.560. The number of halogens is 1. The number of para-hydroxylation sites is 1. The van der Waals surface area contributed by atoms with E-state index >= 15 is 0 Å². The van der Waals surface area contributed by atoms with E-state index in [1.54, 1.807) is 17.0 Å². The van der Waals surface area contributed by atoms with Gasteiger partial charge >= 0.3 is 0 Å². The van der Waals surface area contributed by atoms with Crippen LogP contribution < -0.4 is 10.5 Å². The molecule has 4 aromatic rings. The van der Waals surface area contributed by atoms with E-state index in [-0.39, 0.29) is 23.9 Å². The first kappa shape index (κ1) is 16.7. The minimum atomic E-state index is -0.397. The lowest BCUT2D eigenvalue weighted by molar-refractivity contribution is -0.119. The molecule has 2 aromatic heterocycles. The molecule has 0 unspecified atom stereocenters. The quantitative estimate of drug-likeness (QED) is 0.538. The fraction of sp³-hybridized carbons (Fsp3) is 0.190. The molecule has 0 bridgehead atoms. The summed E-state index contributed by atoms with van der Waals surface area (Å²) in [6, 6.07) is 11.7. The van der Waals surface area contributed by atoms with Crippen molar-refractivity contribution in [2.45, 2.75) is 19.4 Å². The van der Waals surface area contributed by atoms with E-state index in [9.17, 15) is 14.0 Å². The van der Waals surface area contributed by atoms with Gasteiger partial charge in [-0.1, -0.05) is 12.1 Å². The van der Waals surface area contributed by atoms with Crippen molar-refractivity contribution in [3.05, 3.63) is 70.5 Å².